The van der Waals surface area contributed by atoms with Crippen LogP contribution in [-0.2, 0) is 26.6 Å². The first kappa shape index (κ1) is 21.6. The number of ether oxygens (including phenoxy) is 1. The van der Waals surface area contributed by atoms with Crippen molar-refractivity contribution in [1.82, 2.24) is 14.1 Å². The summed E-state index contributed by atoms with van der Waals surface area (Å²) >= 11 is 0. The zero-order valence-corrected chi connectivity index (χ0v) is 17.5. The first-order valence-electron chi connectivity index (χ1n) is 8.49. The highest BCUT2D eigenvalue weighted by Gasteiger charge is 2.22. The summed E-state index contributed by atoms with van der Waals surface area (Å²) in [4.78, 5) is 24.7. The van der Waals surface area contributed by atoms with Crippen LogP contribution in [-0.4, -0.2) is 54.6 Å². The SMILES string of the molecule is Cc1nn(C)c(C)c1NC(=O)[C@H](C)OC(=O)c1ccc(S(=O)(=O)N(C)C)cc1. The highest BCUT2D eigenvalue weighted by Crippen LogP contribution is 2.19. The number of nitrogens with one attached hydrogen (secondary N) is 1. The van der Waals surface area contributed by atoms with Gasteiger partial charge in [-0.15, -0.1) is 0 Å². The monoisotopic (exact) mass is 408 g/mol. The molecule has 10 heteroatoms. The van der Waals surface area contributed by atoms with Crippen LogP contribution in [0.15, 0.2) is 29.2 Å². The lowest BCUT2D eigenvalue weighted by Gasteiger charge is -2.14. The molecule has 0 unspecified atom stereocenters. The molecule has 0 aliphatic heterocycles. The normalized spacial score (nSPS) is 12.7. The van der Waals surface area contributed by atoms with E-state index in [1.807, 2.05) is 6.92 Å². The van der Waals surface area contributed by atoms with E-state index >= 15 is 0 Å². The Morgan fingerprint density at radius 1 is 1.18 bits per heavy atom. The van der Waals surface area contributed by atoms with Gasteiger partial charge < -0.3 is 10.1 Å². The lowest BCUT2D eigenvalue weighted by Crippen LogP contribution is -2.30. The van der Waals surface area contributed by atoms with Gasteiger partial charge in [0.25, 0.3) is 5.91 Å². The van der Waals surface area contributed by atoms with Gasteiger partial charge in [-0.05, 0) is 45.0 Å². The molecule has 0 spiro atoms. The fraction of sp³-hybridized carbons (Fsp3) is 0.389. The van der Waals surface area contributed by atoms with Crippen molar-refractivity contribution in [1.29, 1.82) is 0 Å². The van der Waals surface area contributed by atoms with E-state index in [1.165, 1.54) is 45.3 Å². The largest absolute Gasteiger partial charge is 0.449 e. The smallest absolute Gasteiger partial charge is 0.338 e. The van der Waals surface area contributed by atoms with Crippen LogP contribution in [0.5, 0.6) is 0 Å². The summed E-state index contributed by atoms with van der Waals surface area (Å²) in [6, 6.07) is 5.33. The molecule has 9 nitrogen and oxygen atoms in total. The maximum absolute atomic E-state index is 12.3. The minimum absolute atomic E-state index is 0.0577. The highest BCUT2D eigenvalue weighted by molar-refractivity contribution is 7.89. The van der Waals surface area contributed by atoms with E-state index in [9.17, 15) is 18.0 Å². The average molecular weight is 408 g/mol. The third kappa shape index (κ3) is 4.39. The van der Waals surface area contributed by atoms with E-state index in [4.69, 9.17) is 4.74 Å². The Hall–Kier alpha value is -2.72. The van der Waals surface area contributed by atoms with Crippen LogP contribution in [0.1, 0.15) is 28.7 Å². The van der Waals surface area contributed by atoms with E-state index < -0.39 is 28.0 Å². The minimum Gasteiger partial charge on any atom is -0.449 e. The number of carbonyl (C=O) groups excluding carboxylic acids is 2. The van der Waals surface area contributed by atoms with E-state index in [1.54, 1.807) is 18.7 Å². The Morgan fingerprint density at radius 3 is 2.21 bits per heavy atom. The molecule has 0 fully saturated rings. The van der Waals surface area contributed by atoms with Crippen LogP contribution in [0.25, 0.3) is 0 Å². The molecule has 2 aromatic rings. The minimum atomic E-state index is -3.59. The molecular weight excluding hydrogens is 384 g/mol. The molecule has 1 atom stereocenters. The second-order valence-corrected chi connectivity index (χ2v) is 8.67. The van der Waals surface area contributed by atoms with Crippen molar-refractivity contribution in [2.75, 3.05) is 19.4 Å². The van der Waals surface area contributed by atoms with Crippen molar-refractivity contribution in [2.24, 2.45) is 7.05 Å². The summed E-state index contributed by atoms with van der Waals surface area (Å²) in [5, 5.41) is 6.93. The van der Waals surface area contributed by atoms with Gasteiger partial charge in [0.2, 0.25) is 10.0 Å². The van der Waals surface area contributed by atoms with Gasteiger partial charge in [0, 0.05) is 21.1 Å². The molecule has 0 aliphatic rings. The molecule has 0 saturated heterocycles. The second-order valence-electron chi connectivity index (χ2n) is 6.52. The van der Waals surface area contributed by atoms with Gasteiger partial charge in [0.1, 0.15) is 0 Å². The molecule has 1 aromatic heterocycles. The number of carbonyl (C=O) groups is 2. The fourth-order valence-corrected chi connectivity index (χ4v) is 3.34. The summed E-state index contributed by atoms with van der Waals surface area (Å²) in [5.41, 5.74) is 2.16. The number of hydrogen-bond acceptors (Lipinski definition) is 6. The Balaban J connectivity index is 2.06. The number of aromatic nitrogens is 2. The van der Waals surface area contributed by atoms with E-state index in [0.717, 1.165) is 10.00 Å². The molecule has 1 aromatic carbocycles. The van der Waals surface area contributed by atoms with Crippen molar-refractivity contribution in [2.45, 2.75) is 31.8 Å². The van der Waals surface area contributed by atoms with E-state index in [-0.39, 0.29) is 10.5 Å². The van der Waals surface area contributed by atoms with Gasteiger partial charge in [-0.2, -0.15) is 5.10 Å². The predicted molar refractivity (Wildman–Crippen MR) is 104 cm³/mol. The quantitative estimate of drug-likeness (QED) is 0.725. The number of esters is 1. The van der Waals surface area contributed by atoms with Crippen molar-refractivity contribution in [3.63, 3.8) is 0 Å². The van der Waals surface area contributed by atoms with Gasteiger partial charge in [-0.25, -0.2) is 17.5 Å². The number of anilines is 1. The number of amides is 1. The fourth-order valence-electron chi connectivity index (χ4n) is 2.44. The number of hydrogen-bond donors (Lipinski definition) is 1. The summed E-state index contributed by atoms with van der Waals surface area (Å²) in [6.45, 7) is 5.04. The third-order valence-corrected chi connectivity index (χ3v) is 6.11. The number of rotatable bonds is 6. The van der Waals surface area contributed by atoms with Crippen molar-refractivity contribution in [3.8, 4) is 0 Å². The lowest BCUT2D eigenvalue weighted by atomic mass is 10.2. The maximum atomic E-state index is 12.3. The number of aryl methyl sites for hydroxylation is 2. The van der Waals surface area contributed by atoms with Gasteiger partial charge in [-0.3, -0.25) is 9.48 Å². The number of sulfonamides is 1. The lowest BCUT2D eigenvalue weighted by molar-refractivity contribution is -0.123. The molecule has 0 bridgehead atoms. The highest BCUT2D eigenvalue weighted by atomic mass is 32.2. The van der Waals surface area contributed by atoms with Gasteiger partial charge >= 0.3 is 5.97 Å². The Labute approximate surface area is 164 Å². The maximum Gasteiger partial charge on any atom is 0.338 e. The van der Waals surface area contributed by atoms with Crippen LogP contribution >= 0.6 is 0 Å². The van der Waals surface area contributed by atoms with Crippen LogP contribution in [0, 0.1) is 13.8 Å². The molecule has 0 radical (unpaired) electrons. The molecule has 1 heterocycles. The summed E-state index contributed by atoms with van der Waals surface area (Å²) in [6.07, 6.45) is -1.04. The Kier molecular flexibility index (Phi) is 6.25. The van der Waals surface area contributed by atoms with Crippen LogP contribution in [0.3, 0.4) is 0 Å². The summed E-state index contributed by atoms with van der Waals surface area (Å²) in [5.74, 6) is -1.21. The Bertz CT molecular complexity index is 994. The van der Waals surface area contributed by atoms with Gasteiger partial charge in [0.05, 0.1) is 27.5 Å². The Morgan fingerprint density at radius 2 is 1.75 bits per heavy atom. The van der Waals surface area contributed by atoms with Gasteiger partial charge in [-0.1, -0.05) is 0 Å². The first-order valence-corrected chi connectivity index (χ1v) is 9.93. The number of benzene rings is 1. The van der Waals surface area contributed by atoms with E-state index in [0.29, 0.717) is 11.4 Å². The summed E-state index contributed by atoms with van der Waals surface area (Å²) in [7, 11) is 1.02. The zero-order valence-electron chi connectivity index (χ0n) is 16.7. The van der Waals surface area contributed by atoms with Crippen molar-refractivity contribution >= 4 is 27.6 Å². The molecule has 152 valence electrons. The standard InChI is InChI=1S/C18H24N4O5S/c1-11-16(12(2)22(6)20-11)19-17(23)13(3)27-18(24)14-7-9-15(10-8-14)28(25,26)21(4)5/h7-10,13H,1-6H3,(H,19,23)/t13-/m0/s1. The molecule has 1 N–H and O–H groups in total. The zero-order chi connectivity index (χ0) is 21.2. The van der Waals surface area contributed by atoms with Crippen LogP contribution in [0.4, 0.5) is 5.69 Å². The molecule has 2 rings (SSSR count). The second kappa shape index (κ2) is 8.11. The van der Waals surface area contributed by atoms with Crippen LogP contribution < -0.4 is 5.32 Å². The average Bonchev–Trinajstić information content (AvgIpc) is 2.87. The molecule has 28 heavy (non-hydrogen) atoms. The van der Waals surface area contributed by atoms with Crippen LogP contribution in [0.2, 0.25) is 0 Å². The molecule has 1 amide bonds. The van der Waals surface area contributed by atoms with Gasteiger partial charge in [0.15, 0.2) is 6.10 Å². The van der Waals surface area contributed by atoms with E-state index in [2.05, 4.69) is 10.4 Å². The predicted octanol–water partition coefficient (Wildman–Crippen LogP) is 1.47. The number of nitrogens with zero attached hydrogens (tertiary/aromatic N) is 3. The topological polar surface area (TPSA) is 111 Å². The molecular formula is C18H24N4O5S. The molecule has 0 saturated carbocycles. The van der Waals surface area contributed by atoms with Crippen molar-refractivity contribution < 1.29 is 22.7 Å². The third-order valence-electron chi connectivity index (χ3n) is 4.28. The first-order chi connectivity index (χ1) is 12.9. The van der Waals surface area contributed by atoms with Crippen molar-refractivity contribution in [3.05, 3.63) is 41.2 Å². The molecule has 0 aliphatic carbocycles. The summed E-state index contributed by atoms with van der Waals surface area (Å²) < 4.78 is 32.0.